The van der Waals surface area contributed by atoms with Gasteiger partial charge >= 0.3 is 5.97 Å². The smallest absolute Gasteiger partial charge is 0.317 e. The van der Waals surface area contributed by atoms with Crippen LogP contribution in [0.1, 0.15) is 32.5 Å². The normalized spacial score (nSPS) is 11.8. The number of primary amides is 1. The van der Waals surface area contributed by atoms with E-state index in [-0.39, 0.29) is 30.9 Å². The zero-order valence-electron chi connectivity index (χ0n) is 11.2. The van der Waals surface area contributed by atoms with Crippen molar-refractivity contribution in [3.8, 4) is 0 Å². The highest BCUT2D eigenvalue weighted by Crippen LogP contribution is 2.18. The van der Waals surface area contributed by atoms with Gasteiger partial charge in [0, 0.05) is 5.41 Å². The highest BCUT2D eigenvalue weighted by molar-refractivity contribution is 5.77. The SMILES string of the molecule is CC(C)(C)c1noc(CN(CC(N)=O)CC(=O)O)n1. The molecule has 0 fully saturated rings. The van der Waals surface area contributed by atoms with Gasteiger partial charge in [0.25, 0.3) is 0 Å². The standard InChI is InChI=1S/C11H18N4O4/c1-11(2,3)10-13-8(19-14-10)5-15(4-7(12)16)6-9(17)18/h4-6H2,1-3H3,(H2,12,16)(H,17,18). The summed E-state index contributed by atoms with van der Waals surface area (Å²) in [5, 5.41) is 12.6. The molecule has 0 aliphatic carbocycles. The van der Waals surface area contributed by atoms with Crippen molar-refractivity contribution < 1.29 is 19.2 Å². The Balaban J connectivity index is 2.75. The molecule has 106 valence electrons. The van der Waals surface area contributed by atoms with E-state index in [1.54, 1.807) is 0 Å². The molecule has 19 heavy (non-hydrogen) atoms. The first-order chi connectivity index (χ1) is 8.68. The molecule has 0 saturated carbocycles. The van der Waals surface area contributed by atoms with Crippen molar-refractivity contribution in [1.29, 1.82) is 0 Å². The van der Waals surface area contributed by atoms with Gasteiger partial charge < -0.3 is 15.4 Å². The van der Waals surface area contributed by atoms with Crippen molar-refractivity contribution >= 4 is 11.9 Å². The van der Waals surface area contributed by atoms with Gasteiger partial charge in [0.05, 0.1) is 19.6 Å². The first-order valence-electron chi connectivity index (χ1n) is 5.74. The average molecular weight is 270 g/mol. The van der Waals surface area contributed by atoms with Crippen LogP contribution in [-0.2, 0) is 21.5 Å². The van der Waals surface area contributed by atoms with E-state index < -0.39 is 11.9 Å². The highest BCUT2D eigenvalue weighted by atomic mass is 16.5. The Morgan fingerprint density at radius 2 is 2.00 bits per heavy atom. The van der Waals surface area contributed by atoms with Crippen LogP contribution in [0.15, 0.2) is 4.52 Å². The summed E-state index contributed by atoms with van der Waals surface area (Å²) in [6.07, 6.45) is 0. The number of carbonyl (C=O) groups excluding carboxylic acids is 1. The second kappa shape index (κ2) is 5.79. The van der Waals surface area contributed by atoms with Crippen LogP contribution in [-0.4, -0.2) is 45.1 Å². The summed E-state index contributed by atoms with van der Waals surface area (Å²) >= 11 is 0. The van der Waals surface area contributed by atoms with Crippen molar-refractivity contribution in [3.05, 3.63) is 11.7 Å². The molecular formula is C11H18N4O4. The minimum Gasteiger partial charge on any atom is -0.480 e. The molecule has 0 saturated heterocycles. The van der Waals surface area contributed by atoms with Crippen LogP contribution in [0.25, 0.3) is 0 Å². The number of carboxylic acids is 1. The summed E-state index contributed by atoms with van der Waals surface area (Å²) in [5.74, 6) is -0.891. The van der Waals surface area contributed by atoms with Crippen molar-refractivity contribution in [1.82, 2.24) is 15.0 Å². The topological polar surface area (TPSA) is 123 Å². The van der Waals surface area contributed by atoms with Crippen LogP contribution in [0.4, 0.5) is 0 Å². The molecule has 1 rings (SSSR count). The summed E-state index contributed by atoms with van der Waals surface area (Å²) in [4.78, 5) is 27.0. The number of hydrogen-bond donors (Lipinski definition) is 2. The Labute approximate surface area is 110 Å². The molecule has 3 N–H and O–H groups in total. The van der Waals surface area contributed by atoms with Gasteiger partial charge in [-0.05, 0) is 0 Å². The lowest BCUT2D eigenvalue weighted by molar-refractivity contribution is -0.138. The summed E-state index contributed by atoms with van der Waals surface area (Å²) in [5.41, 5.74) is 4.80. The number of hydrogen-bond acceptors (Lipinski definition) is 6. The number of carboxylic acid groups (broad SMARTS) is 1. The van der Waals surface area contributed by atoms with Gasteiger partial charge in [0.15, 0.2) is 5.82 Å². The van der Waals surface area contributed by atoms with E-state index in [9.17, 15) is 9.59 Å². The third-order valence-electron chi connectivity index (χ3n) is 2.24. The number of nitrogens with two attached hydrogens (primary N) is 1. The van der Waals surface area contributed by atoms with E-state index in [0.29, 0.717) is 5.82 Å². The Hall–Kier alpha value is -1.96. The Morgan fingerprint density at radius 1 is 1.37 bits per heavy atom. The average Bonchev–Trinajstić information content (AvgIpc) is 2.62. The molecule has 8 heteroatoms. The minimum atomic E-state index is -1.06. The predicted octanol–water partition coefficient (Wildman–Crippen LogP) is -0.261. The Kier molecular flexibility index (Phi) is 4.60. The maximum Gasteiger partial charge on any atom is 0.317 e. The summed E-state index contributed by atoms with van der Waals surface area (Å²) in [7, 11) is 0. The first kappa shape index (κ1) is 15.1. The molecule has 1 aromatic heterocycles. The maximum atomic E-state index is 10.9. The van der Waals surface area contributed by atoms with Gasteiger partial charge in [-0.1, -0.05) is 25.9 Å². The van der Waals surface area contributed by atoms with E-state index in [2.05, 4.69) is 10.1 Å². The lowest BCUT2D eigenvalue weighted by Gasteiger charge is -2.15. The molecule has 0 spiro atoms. The van der Waals surface area contributed by atoms with Gasteiger partial charge in [-0.15, -0.1) is 0 Å². The van der Waals surface area contributed by atoms with Crippen LogP contribution >= 0.6 is 0 Å². The lowest BCUT2D eigenvalue weighted by Crippen LogP contribution is -2.37. The van der Waals surface area contributed by atoms with Crippen LogP contribution in [0.2, 0.25) is 0 Å². The monoisotopic (exact) mass is 270 g/mol. The van der Waals surface area contributed by atoms with Crippen LogP contribution in [0.5, 0.6) is 0 Å². The molecule has 0 unspecified atom stereocenters. The predicted molar refractivity (Wildman–Crippen MR) is 65.1 cm³/mol. The number of aliphatic carboxylic acids is 1. The first-order valence-corrected chi connectivity index (χ1v) is 5.74. The zero-order valence-corrected chi connectivity index (χ0v) is 11.2. The van der Waals surface area contributed by atoms with E-state index >= 15 is 0 Å². The third-order valence-corrected chi connectivity index (χ3v) is 2.24. The molecule has 0 radical (unpaired) electrons. The molecule has 0 bridgehead atoms. The summed E-state index contributed by atoms with van der Waals surface area (Å²) in [6, 6.07) is 0. The number of carbonyl (C=O) groups is 2. The van der Waals surface area contributed by atoms with Crippen LogP contribution in [0, 0.1) is 0 Å². The number of aromatic nitrogens is 2. The molecule has 1 heterocycles. The van der Waals surface area contributed by atoms with Crippen molar-refractivity contribution in [2.75, 3.05) is 13.1 Å². The van der Waals surface area contributed by atoms with E-state index in [4.69, 9.17) is 15.4 Å². The van der Waals surface area contributed by atoms with Crippen LogP contribution < -0.4 is 5.73 Å². The molecule has 8 nitrogen and oxygen atoms in total. The van der Waals surface area contributed by atoms with Crippen molar-refractivity contribution in [3.63, 3.8) is 0 Å². The second-order valence-corrected chi connectivity index (χ2v) is 5.27. The van der Waals surface area contributed by atoms with Gasteiger partial charge in [0.2, 0.25) is 11.8 Å². The quantitative estimate of drug-likeness (QED) is 0.729. The summed E-state index contributed by atoms with van der Waals surface area (Å²) in [6.45, 7) is 5.36. The molecule has 1 aromatic rings. The number of nitrogens with zero attached hydrogens (tertiary/aromatic N) is 3. The molecule has 1 amide bonds. The van der Waals surface area contributed by atoms with E-state index in [1.165, 1.54) is 4.90 Å². The third kappa shape index (κ3) is 5.04. The highest BCUT2D eigenvalue weighted by Gasteiger charge is 2.22. The van der Waals surface area contributed by atoms with Gasteiger partial charge in [0.1, 0.15) is 0 Å². The van der Waals surface area contributed by atoms with E-state index in [1.807, 2.05) is 20.8 Å². The fourth-order valence-electron chi connectivity index (χ4n) is 1.39. The fourth-order valence-corrected chi connectivity index (χ4v) is 1.39. The van der Waals surface area contributed by atoms with Crippen LogP contribution in [0.3, 0.4) is 0 Å². The van der Waals surface area contributed by atoms with Gasteiger partial charge in [-0.3, -0.25) is 14.5 Å². The molecule has 0 aromatic carbocycles. The molecule has 0 aliphatic heterocycles. The second-order valence-electron chi connectivity index (χ2n) is 5.27. The Morgan fingerprint density at radius 3 is 2.42 bits per heavy atom. The summed E-state index contributed by atoms with van der Waals surface area (Å²) < 4.78 is 5.04. The number of amides is 1. The lowest BCUT2D eigenvalue weighted by atomic mass is 9.96. The Bertz CT molecular complexity index is 448. The largest absolute Gasteiger partial charge is 0.480 e. The molecule has 0 atom stereocenters. The maximum absolute atomic E-state index is 10.9. The number of rotatable bonds is 6. The van der Waals surface area contributed by atoms with E-state index in [0.717, 1.165) is 0 Å². The molecule has 0 aliphatic rings. The molecular weight excluding hydrogens is 252 g/mol. The van der Waals surface area contributed by atoms with Crippen molar-refractivity contribution in [2.45, 2.75) is 32.7 Å². The van der Waals surface area contributed by atoms with Gasteiger partial charge in [-0.2, -0.15) is 4.98 Å². The van der Waals surface area contributed by atoms with Crippen molar-refractivity contribution in [2.24, 2.45) is 5.73 Å². The zero-order chi connectivity index (χ0) is 14.6. The van der Waals surface area contributed by atoms with Gasteiger partial charge in [-0.25, -0.2) is 0 Å². The minimum absolute atomic E-state index is 0.0678. The fraction of sp³-hybridized carbons (Fsp3) is 0.636.